The van der Waals surface area contributed by atoms with Crippen molar-refractivity contribution in [3.05, 3.63) is 36.0 Å². The van der Waals surface area contributed by atoms with Crippen LogP contribution in [-0.4, -0.2) is 38.6 Å². The number of nitrogens with one attached hydrogen (secondary N) is 1. The highest BCUT2D eigenvalue weighted by molar-refractivity contribution is 5.85. The van der Waals surface area contributed by atoms with Crippen LogP contribution in [0, 0.1) is 11.8 Å². The van der Waals surface area contributed by atoms with Crippen LogP contribution in [0.5, 0.6) is 0 Å². The number of H-pyrrole nitrogens is 1. The number of amides is 1. The van der Waals surface area contributed by atoms with E-state index in [4.69, 9.17) is 0 Å². The molecule has 27 heavy (non-hydrogen) atoms. The lowest BCUT2D eigenvalue weighted by atomic mass is 9.61. The summed E-state index contributed by atoms with van der Waals surface area (Å²) in [6, 6.07) is 9.00. The third-order valence-electron chi connectivity index (χ3n) is 7.79. The molecule has 2 N–H and O–H groups in total. The van der Waals surface area contributed by atoms with Crippen LogP contribution in [0.1, 0.15) is 62.8 Å². The molecule has 2 saturated heterocycles. The van der Waals surface area contributed by atoms with Gasteiger partial charge in [0.1, 0.15) is 0 Å². The molecule has 4 bridgehead atoms. The molecule has 4 heteroatoms. The first-order valence-electron chi connectivity index (χ1n) is 10.7. The summed E-state index contributed by atoms with van der Waals surface area (Å²) in [6.45, 7) is 0. The maximum atomic E-state index is 13.4. The Kier molecular flexibility index (Phi) is 3.36. The Bertz CT molecular complexity index is 883. The van der Waals surface area contributed by atoms with Crippen molar-refractivity contribution in [2.75, 3.05) is 0 Å². The minimum atomic E-state index is -0.486. The van der Waals surface area contributed by atoms with Gasteiger partial charge in [-0.2, -0.15) is 0 Å². The summed E-state index contributed by atoms with van der Waals surface area (Å²) in [6.07, 6.45) is 10.0. The summed E-state index contributed by atoms with van der Waals surface area (Å²) >= 11 is 0. The Labute approximate surface area is 159 Å². The molecular formula is C23H28N2O2. The highest BCUT2D eigenvalue weighted by Crippen LogP contribution is 2.52. The summed E-state index contributed by atoms with van der Waals surface area (Å²) in [7, 11) is 0. The number of aromatic amines is 1. The van der Waals surface area contributed by atoms with Crippen LogP contribution in [0.4, 0.5) is 0 Å². The van der Waals surface area contributed by atoms with Crippen LogP contribution in [0.2, 0.25) is 0 Å². The van der Waals surface area contributed by atoms with Crippen molar-refractivity contribution < 1.29 is 9.90 Å². The Hall–Kier alpha value is -1.81. The fourth-order valence-electron chi connectivity index (χ4n) is 6.72. The van der Waals surface area contributed by atoms with Gasteiger partial charge >= 0.3 is 0 Å². The van der Waals surface area contributed by atoms with Gasteiger partial charge in [-0.1, -0.05) is 18.2 Å². The molecule has 3 atom stereocenters. The topological polar surface area (TPSA) is 56.3 Å². The highest BCUT2D eigenvalue weighted by atomic mass is 16.3. The zero-order valence-electron chi connectivity index (χ0n) is 15.7. The van der Waals surface area contributed by atoms with Gasteiger partial charge in [0.2, 0.25) is 5.91 Å². The van der Waals surface area contributed by atoms with Crippen molar-refractivity contribution >= 4 is 16.8 Å². The molecular weight excluding hydrogens is 336 g/mol. The lowest BCUT2D eigenvalue weighted by Crippen LogP contribution is -2.65. The third kappa shape index (κ3) is 2.56. The van der Waals surface area contributed by atoms with Gasteiger partial charge in [-0.3, -0.25) is 4.79 Å². The molecule has 2 aromatic rings. The number of piperidine rings is 2. The molecule has 3 unspecified atom stereocenters. The minimum Gasteiger partial charge on any atom is -0.390 e. The summed E-state index contributed by atoms with van der Waals surface area (Å²) in [5, 5.41) is 12.1. The van der Waals surface area contributed by atoms with E-state index in [1.165, 1.54) is 29.3 Å². The van der Waals surface area contributed by atoms with Crippen molar-refractivity contribution in [2.45, 2.75) is 75.0 Å². The molecule has 2 aliphatic heterocycles. The maximum Gasteiger partial charge on any atom is 0.223 e. The fraction of sp³-hybridized carbons (Fsp3) is 0.609. The molecule has 5 fully saturated rings. The number of carbonyl (C=O) groups is 1. The molecule has 0 radical (unpaired) electrons. The number of fused-ring (bicyclic) bond motifs is 1. The Balaban J connectivity index is 1.28. The summed E-state index contributed by atoms with van der Waals surface area (Å²) in [5.41, 5.74) is 2.01. The molecule has 1 aromatic carbocycles. The number of aliphatic hydroxyl groups is 1. The van der Waals surface area contributed by atoms with E-state index >= 15 is 0 Å². The standard InChI is InChI=1S/C23H28N2O2/c26-22(25-16-7-14-8-17(25)12-23(27,10-14)11-16)9-19(15-5-6-15)20-13-24-21-4-2-1-3-18(20)21/h1-4,13-17,19,24,27H,5-12H2. The number of hydrogen-bond acceptors (Lipinski definition) is 2. The van der Waals surface area contributed by atoms with E-state index in [9.17, 15) is 9.90 Å². The molecule has 142 valence electrons. The van der Waals surface area contributed by atoms with E-state index in [2.05, 4.69) is 40.3 Å². The lowest BCUT2D eigenvalue weighted by molar-refractivity contribution is -0.175. The van der Waals surface area contributed by atoms with Gasteiger partial charge in [0, 0.05) is 35.6 Å². The van der Waals surface area contributed by atoms with Crippen LogP contribution in [0.25, 0.3) is 10.9 Å². The number of benzene rings is 1. The average Bonchev–Trinajstić information content (AvgIpc) is 3.37. The van der Waals surface area contributed by atoms with Gasteiger partial charge < -0.3 is 15.0 Å². The first-order valence-corrected chi connectivity index (χ1v) is 10.7. The quantitative estimate of drug-likeness (QED) is 0.863. The molecule has 3 heterocycles. The van der Waals surface area contributed by atoms with Gasteiger partial charge in [0.15, 0.2) is 0 Å². The first-order chi connectivity index (χ1) is 13.1. The van der Waals surface area contributed by atoms with Gasteiger partial charge in [0.25, 0.3) is 0 Å². The number of aromatic nitrogens is 1. The second-order valence-corrected chi connectivity index (χ2v) is 9.72. The molecule has 3 aliphatic carbocycles. The molecule has 5 aliphatic rings. The normalized spacial score (nSPS) is 35.7. The first kappa shape index (κ1) is 16.2. The van der Waals surface area contributed by atoms with Crippen molar-refractivity contribution in [3.8, 4) is 0 Å². The van der Waals surface area contributed by atoms with Gasteiger partial charge in [-0.05, 0) is 74.3 Å². The van der Waals surface area contributed by atoms with Crippen LogP contribution in [0.15, 0.2) is 30.5 Å². The van der Waals surface area contributed by atoms with Crippen LogP contribution in [-0.2, 0) is 4.79 Å². The van der Waals surface area contributed by atoms with Gasteiger partial charge in [0.05, 0.1) is 5.60 Å². The number of rotatable bonds is 4. The predicted molar refractivity (Wildman–Crippen MR) is 104 cm³/mol. The largest absolute Gasteiger partial charge is 0.390 e. The zero-order valence-corrected chi connectivity index (χ0v) is 15.7. The Morgan fingerprint density at radius 1 is 1.19 bits per heavy atom. The second kappa shape index (κ2) is 5.60. The third-order valence-corrected chi connectivity index (χ3v) is 7.79. The van der Waals surface area contributed by atoms with Crippen molar-refractivity contribution in [1.29, 1.82) is 0 Å². The fourth-order valence-corrected chi connectivity index (χ4v) is 6.72. The second-order valence-electron chi connectivity index (χ2n) is 9.72. The molecule has 1 aromatic heterocycles. The van der Waals surface area contributed by atoms with E-state index < -0.39 is 5.60 Å². The van der Waals surface area contributed by atoms with Crippen molar-refractivity contribution in [3.63, 3.8) is 0 Å². The number of hydrogen-bond donors (Lipinski definition) is 2. The van der Waals surface area contributed by atoms with Crippen molar-refractivity contribution in [1.82, 2.24) is 9.88 Å². The summed E-state index contributed by atoms with van der Waals surface area (Å²) in [4.78, 5) is 19.1. The zero-order chi connectivity index (χ0) is 18.2. The van der Waals surface area contributed by atoms with E-state index in [1.54, 1.807) is 0 Å². The monoisotopic (exact) mass is 364 g/mol. The predicted octanol–water partition coefficient (Wildman–Crippen LogP) is 3.96. The van der Waals surface area contributed by atoms with E-state index in [1.807, 2.05) is 0 Å². The Morgan fingerprint density at radius 2 is 1.93 bits per heavy atom. The molecule has 4 nitrogen and oxygen atoms in total. The summed E-state index contributed by atoms with van der Waals surface area (Å²) < 4.78 is 0. The minimum absolute atomic E-state index is 0.275. The summed E-state index contributed by atoms with van der Waals surface area (Å²) in [5.74, 6) is 1.93. The number of para-hydroxylation sites is 1. The maximum absolute atomic E-state index is 13.4. The molecule has 7 rings (SSSR count). The lowest BCUT2D eigenvalue weighted by Gasteiger charge is -2.59. The van der Waals surface area contributed by atoms with Crippen LogP contribution < -0.4 is 0 Å². The molecule has 1 amide bonds. The van der Waals surface area contributed by atoms with E-state index in [0.29, 0.717) is 30.1 Å². The number of nitrogens with zero attached hydrogens (tertiary/aromatic N) is 1. The molecule has 3 saturated carbocycles. The Morgan fingerprint density at radius 3 is 2.63 bits per heavy atom. The smallest absolute Gasteiger partial charge is 0.223 e. The molecule has 0 spiro atoms. The van der Waals surface area contributed by atoms with E-state index in [-0.39, 0.29) is 12.1 Å². The van der Waals surface area contributed by atoms with Gasteiger partial charge in [-0.25, -0.2) is 0 Å². The van der Waals surface area contributed by atoms with E-state index in [0.717, 1.165) is 32.1 Å². The van der Waals surface area contributed by atoms with Crippen molar-refractivity contribution in [2.24, 2.45) is 11.8 Å². The van der Waals surface area contributed by atoms with Gasteiger partial charge in [-0.15, -0.1) is 0 Å². The van der Waals surface area contributed by atoms with Crippen LogP contribution >= 0.6 is 0 Å². The highest BCUT2D eigenvalue weighted by Gasteiger charge is 2.55. The van der Waals surface area contributed by atoms with Crippen LogP contribution in [0.3, 0.4) is 0 Å². The SMILES string of the molecule is O=C(CC(c1c[nH]c2ccccc12)C1CC1)N1C2CC3CC1CC(O)(C3)C2. The average molecular weight is 364 g/mol. The number of carbonyl (C=O) groups excluding carboxylic acids is 1.